The standard InChI is InChI=1S/C11H17N3O.C4H4O4/c1-8-12-11(15-13-8)6-10-7-14-4-2-9(10)3-5-14;5-3(6)1-2-4(7)8/h9-10H,2-7H2,1H3;1-2H,(H,5,6)(H,7,8)/b;2-1+. The first-order valence-electron chi connectivity index (χ1n) is 7.59. The summed E-state index contributed by atoms with van der Waals surface area (Å²) in [6.45, 7) is 5.70. The number of piperidine rings is 3. The summed E-state index contributed by atoms with van der Waals surface area (Å²) in [5.74, 6) is 0.701. The molecule has 0 saturated carbocycles. The summed E-state index contributed by atoms with van der Waals surface area (Å²) < 4.78 is 5.20. The van der Waals surface area contributed by atoms with E-state index in [1.54, 1.807) is 0 Å². The molecule has 3 saturated heterocycles. The van der Waals surface area contributed by atoms with Crippen LogP contribution in [-0.4, -0.2) is 56.8 Å². The van der Waals surface area contributed by atoms with Crippen molar-refractivity contribution in [3.63, 3.8) is 0 Å². The minimum absolute atomic E-state index is 0.558. The van der Waals surface area contributed by atoms with E-state index in [0.717, 1.165) is 30.0 Å². The lowest BCUT2D eigenvalue weighted by atomic mass is 9.77. The molecule has 2 bridgehead atoms. The number of hydrogen-bond acceptors (Lipinski definition) is 6. The van der Waals surface area contributed by atoms with E-state index in [1.165, 1.54) is 32.5 Å². The van der Waals surface area contributed by atoms with Gasteiger partial charge >= 0.3 is 11.9 Å². The van der Waals surface area contributed by atoms with Crippen molar-refractivity contribution < 1.29 is 24.3 Å². The predicted molar refractivity (Wildman–Crippen MR) is 79.8 cm³/mol. The third-order valence-electron chi connectivity index (χ3n) is 4.17. The van der Waals surface area contributed by atoms with Crippen molar-refractivity contribution in [2.75, 3.05) is 19.6 Å². The van der Waals surface area contributed by atoms with Crippen molar-refractivity contribution in [3.05, 3.63) is 23.9 Å². The normalized spacial score (nSPS) is 25.9. The Morgan fingerprint density at radius 1 is 1.26 bits per heavy atom. The first-order chi connectivity index (χ1) is 10.9. The average molecular weight is 323 g/mol. The molecule has 3 aliphatic rings. The molecule has 0 radical (unpaired) electrons. The van der Waals surface area contributed by atoms with Crippen molar-refractivity contribution >= 4 is 11.9 Å². The number of fused-ring (bicyclic) bond motifs is 3. The summed E-state index contributed by atoms with van der Waals surface area (Å²) in [5, 5.41) is 19.5. The third-order valence-corrected chi connectivity index (χ3v) is 4.17. The van der Waals surface area contributed by atoms with Gasteiger partial charge in [-0.25, -0.2) is 9.59 Å². The number of aryl methyl sites for hydroxylation is 1. The molecule has 1 unspecified atom stereocenters. The summed E-state index contributed by atoms with van der Waals surface area (Å²) >= 11 is 0. The number of carboxylic acid groups (broad SMARTS) is 2. The predicted octanol–water partition coefficient (Wildman–Crippen LogP) is 0.974. The Hall–Kier alpha value is -2.22. The van der Waals surface area contributed by atoms with E-state index in [0.29, 0.717) is 12.2 Å². The van der Waals surface area contributed by atoms with Gasteiger partial charge in [0.1, 0.15) is 0 Å². The van der Waals surface area contributed by atoms with E-state index < -0.39 is 11.9 Å². The van der Waals surface area contributed by atoms with Gasteiger partial charge in [0.25, 0.3) is 0 Å². The number of carbonyl (C=O) groups is 2. The summed E-state index contributed by atoms with van der Waals surface area (Å²) in [6.07, 6.45) is 4.81. The van der Waals surface area contributed by atoms with Crippen LogP contribution >= 0.6 is 0 Å². The van der Waals surface area contributed by atoms with Crippen LogP contribution in [0.1, 0.15) is 24.6 Å². The zero-order chi connectivity index (χ0) is 16.8. The van der Waals surface area contributed by atoms with Crippen molar-refractivity contribution in [2.45, 2.75) is 26.2 Å². The topological polar surface area (TPSA) is 117 Å². The number of aromatic nitrogens is 2. The highest BCUT2D eigenvalue weighted by Gasteiger charge is 2.34. The van der Waals surface area contributed by atoms with Gasteiger partial charge in [0.05, 0.1) is 0 Å². The maximum Gasteiger partial charge on any atom is 0.328 e. The van der Waals surface area contributed by atoms with Gasteiger partial charge in [0.2, 0.25) is 5.89 Å². The molecule has 4 rings (SSSR count). The number of nitrogens with zero attached hydrogens (tertiary/aromatic N) is 3. The fraction of sp³-hybridized carbons (Fsp3) is 0.600. The highest BCUT2D eigenvalue weighted by Crippen LogP contribution is 2.33. The van der Waals surface area contributed by atoms with Crippen molar-refractivity contribution in [1.29, 1.82) is 0 Å². The molecule has 3 aliphatic heterocycles. The molecule has 23 heavy (non-hydrogen) atoms. The second-order valence-electron chi connectivity index (χ2n) is 5.85. The maximum absolute atomic E-state index is 9.55. The van der Waals surface area contributed by atoms with Crippen LogP contribution in [0, 0.1) is 18.8 Å². The average Bonchev–Trinajstić information content (AvgIpc) is 2.92. The van der Waals surface area contributed by atoms with E-state index in [-0.39, 0.29) is 0 Å². The Morgan fingerprint density at radius 3 is 2.26 bits per heavy atom. The highest BCUT2D eigenvalue weighted by molar-refractivity contribution is 5.89. The number of aliphatic carboxylic acids is 2. The Morgan fingerprint density at radius 2 is 1.87 bits per heavy atom. The molecule has 1 atom stereocenters. The van der Waals surface area contributed by atoms with Crippen LogP contribution in [0.3, 0.4) is 0 Å². The van der Waals surface area contributed by atoms with Gasteiger partial charge in [-0.15, -0.1) is 0 Å². The summed E-state index contributed by atoms with van der Waals surface area (Å²) in [4.78, 5) is 26.0. The fourth-order valence-corrected chi connectivity index (χ4v) is 3.11. The Labute approximate surface area is 133 Å². The smallest absolute Gasteiger partial charge is 0.328 e. The van der Waals surface area contributed by atoms with Crippen LogP contribution < -0.4 is 0 Å². The lowest BCUT2D eigenvalue weighted by molar-refractivity contribution is -0.134. The molecule has 2 N–H and O–H groups in total. The van der Waals surface area contributed by atoms with Crippen LogP contribution in [0.5, 0.6) is 0 Å². The quantitative estimate of drug-likeness (QED) is 0.787. The second-order valence-corrected chi connectivity index (χ2v) is 5.85. The number of rotatable bonds is 4. The molecule has 1 aromatic heterocycles. The van der Waals surface area contributed by atoms with Gasteiger partial charge in [-0.05, 0) is 44.7 Å². The van der Waals surface area contributed by atoms with E-state index in [4.69, 9.17) is 14.7 Å². The van der Waals surface area contributed by atoms with E-state index in [2.05, 4.69) is 15.0 Å². The second kappa shape index (κ2) is 7.87. The number of carboxylic acids is 2. The van der Waals surface area contributed by atoms with Crippen molar-refractivity contribution in [3.8, 4) is 0 Å². The summed E-state index contributed by atoms with van der Waals surface area (Å²) in [6, 6.07) is 0. The summed E-state index contributed by atoms with van der Waals surface area (Å²) in [7, 11) is 0. The largest absolute Gasteiger partial charge is 0.478 e. The molecule has 3 fully saturated rings. The molecule has 8 nitrogen and oxygen atoms in total. The van der Waals surface area contributed by atoms with Gasteiger partial charge in [-0.3, -0.25) is 0 Å². The van der Waals surface area contributed by atoms with Crippen molar-refractivity contribution in [1.82, 2.24) is 15.0 Å². The monoisotopic (exact) mass is 323 g/mol. The molecule has 0 amide bonds. The van der Waals surface area contributed by atoms with Gasteiger partial charge in [-0.2, -0.15) is 4.98 Å². The molecule has 126 valence electrons. The molecular formula is C15H21N3O5. The SMILES string of the molecule is Cc1noc(CC2CN3CCC2CC3)n1.O=C(O)/C=C/C(=O)O. The van der Waals surface area contributed by atoms with Crippen LogP contribution in [0.4, 0.5) is 0 Å². The van der Waals surface area contributed by atoms with Crippen LogP contribution in [0.15, 0.2) is 16.7 Å². The Kier molecular flexibility index (Phi) is 5.86. The maximum atomic E-state index is 9.55. The van der Waals surface area contributed by atoms with Crippen LogP contribution in [0.25, 0.3) is 0 Å². The van der Waals surface area contributed by atoms with E-state index >= 15 is 0 Å². The fourth-order valence-electron chi connectivity index (χ4n) is 3.11. The first kappa shape index (κ1) is 17.1. The van der Waals surface area contributed by atoms with Crippen molar-refractivity contribution in [2.24, 2.45) is 11.8 Å². The highest BCUT2D eigenvalue weighted by atomic mass is 16.5. The molecule has 4 heterocycles. The minimum atomic E-state index is -1.26. The molecule has 8 heteroatoms. The van der Waals surface area contributed by atoms with Gasteiger partial charge in [0.15, 0.2) is 5.82 Å². The van der Waals surface area contributed by atoms with Gasteiger partial charge in [-0.1, -0.05) is 5.16 Å². The molecule has 0 aromatic carbocycles. The summed E-state index contributed by atoms with van der Waals surface area (Å²) in [5.41, 5.74) is 0. The lowest BCUT2D eigenvalue weighted by Gasteiger charge is -2.44. The third kappa shape index (κ3) is 5.48. The molecule has 1 aromatic rings. The minimum Gasteiger partial charge on any atom is -0.478 e. The Bertz CT molecular complexity index is 559. The van der Waals surface area contributed by atoms with Crippen LogP contribution in [0.2, 0.25) is 0 Å². The molecule has 0 spiro atoms. The molecule has 0 aliphatic carbocycles. The van der Waals surface area contributed by atoms with E-state index in [9.17, 15) is 9.59 Å². The lowest BCUT2D eigenvalue weighted by Crippen LogP contribution is -2.48. The Balaban J connectivity index is 0.000000207. The first-order valence-corrected chi connectivity index (χ1v) is 7.59. The van der Waals surface area contributed by atoms with Crippen LogP contribution in [-0.2, 0) is 16.0 Å². The zero-order valence-electron chi connectivity index (χ0n) is 13.0. The number of hydrogen-bond donors (Lipinski definition) is 2. The molecular weight excluding hydrogens is 302 g/mol. The van der Waals surface area contributed by atoms with Gasteiger partial charge in [0, 0.05) is 25.1 Å². The van der Waals surface area contributed by atoms with Gasteiger partial charge < -0.3 is 19.6 Å². The van der Waals surface area contributed by atoms with E-state index in [1.807, 2.05) is 6.92 Å². The zero-order valence-corrected chi connectivity index (χ0v) is 13.0.